The zero-order valence-corrected chi connectivity index (χ0v) is 15.3. The maximum atomic E-state index is 12.6. The lowest BCUT2D eigenvalue weighted by atomic mass is 10.0. The highest BCUT2D eigenvalue weighted by atomic mass is 16.5. The van der Waals surface area contributed by atoms with Crippen LogP contribution < -0.4 is 20.7 Å². The molecule has 1 atom stereocenters. The molecule has 6 nitrogen and oxygen atoms in total. The summed E-state index contributed by atoms with van der Waals surface area (Å²) >= 11 is 0. The van der Waals surface area contributed by atoms with Crippen molar-refractivity contribution in [3.63, 3.8) is 0 Å². The van der Waals surface area contributed by atoms with Crippen molar-refractivity contribution in [3.05, 3.63) is 54.6 Å². The number of amides is 3. The predicted molar refractivity (Wildman–Crippen MR) is 103 cm³/mol. The highest BCUT2D eigenvalue weighted by Gasteiger charge is 2.24. The van der Waals surface area contributed by atoms with Gasteiger partial charge in [0.1, 0.15) is 11.8 Å². The molecule has 3 N–H and O–H groups in total. The molecule has 2 aromatic rings. The van der Waals surface area contributed by atoms with Crippen molar-refractivity contribution in [2.45, 2.75) is 26.8 Å². The molecule has 6 heteroatoms. The molecule has 0 aliphatic carbocycles. The molecule has 2 aromatic carbocycles. The smallest absolute Gasteiger partial charge is 0.319 e. The summed E-state index contributed by atoms with van der Waals surface area (Å²) in [5.41, 5.74) is 1.31. The van der Waals surface area contributed by atoms with Crippen LogP contribution in [0.5, 0.6) is 5.75 Å². The number of anilines is 2. The average Bonchev–Trinajstić information content (AvgIpc) is 2.62. The molecule has 0 fully saturated rings. The van der Waals surface area contributed by atoms with Crippen molar-refractivity contribution in [1.82, 2.24) is 5.32 Å². The number of rotatable bonds is 7. The van der Waals surface area contributed by atoms with Gasteiger partial charge >= 0.3 is 6.03 Å². The fraction of sp³-hybridized carbons (Fsp3) is 0.300. The van der Waals surface area contributed by atoms with Crippen LogP contribution in [0.4, 0.5) is 16.2 Å². The molecule has 3 amide bonds. The second kappa shape index (κ2) is 9.46. The Hall–Kier alpha value is -3.02. The normalized spacial score (nSPS) is 11.5. The molecule has 0 radical (unpaired) electrons. The zero-order chi connectivity index (χ0) is 18.9. The van der Waals surface area contributed by atoms with Gasteiger partial charge in [0.25, 0.3) is 0 Å². The van der Waals surface area contributed by atoms with Gasteiger partial charge in [-0.25, -0.2) is 4.79 Å². The number of carbonyl (C=O) groups is 2. The first-order chi connectivity index (χ1) is 12.5. The fourth-order valence-corrected chi connectivity index (χ4v) is 2.39. The van der Waals surface area contributed by atoms with Crippen LogP contribution in [0.25, 0.3) is 0 Å². The first-order valence-corrected chi connectivity index (χ1v) is 8.66. The van der Waals surface area contributed by atoms with Crippen LogP contribution in [0.2, 0.25) is 0 Å². The second-order valence-corrected chi connectivity index (χ2v) is 6.13. The number of benzene rings is 2. The van der Waals surface area contributed by atoms with Gasteiger partial charge in [0.2, 0.25) is 5.91 Å². The van der Waals surface area contributed by atoms with Crippen molar-refractivity contribution in [2.75, 3.05) is 17.2 Å². The summed E-state index contributed by atoms with van der Waals surface area (Å²) in [6.45, 7) is 6.26. The van der Waals surface area contributed by atoms with Crippen LogP contribution >= 0.6 is 0 Å². The van der Waals surface area contributed by atoms with E-state index in [-0.39, 0.29) is 11.8 Å². The van der Waals surface area contributed by atoms with E-state index in [1.807, 2.05) is 39.0 Å². The van der Waals surface area contributed by atoms with Crippen LogP contribution in [0.1, 0.15) is 20.8 Å². The quantitative estimate of drug-likeness (QED) is 0.705. The van der Waals surface area contributed by atoms with Gasteiger partial charge in [-0.15, -0.1) is 0 Å². The van der Waals surface area contributed by atoms with Gasteiger partial charge in [-0.3, -0.25) is 4.79 Å². The Balaban J connectivity index is 1.97. The van der Waals surface area contributed by atoms with Gasteiger partial charge in [-0.05, 0) is 49.2 Å². The number of para-hydroxylation sites is 1. The van der Waals surface area contributed by atoms with Gasteiger partial charge in [-0.1, -0.05) is 32.0 Å². The van der Waals surface area contributed by atoms with Gasteiger partial charge in [-0.2, -0.15) is 0 Å². The summed E-state index contributed by atoms with van der Waals surface area (Å²) in [7, 11) is 0. The standard InChI is InChI=1S/C20H25N3O3/c1-4-26-17-12-10-16(11-13-17)21-19(24)18(14(2)3)23-20(25)22-15-8-6-5-7-9-15/h5-14,18H,4H2,1-3H3,(H,21,24)(H2,22,23,25). The summed E-state index contributed by atoms with van der Waals surface area (Å²) in [4.78, 5) is 24.7. The third-order valence-corrected chi connectivity index (χ3v) is 3.70. The molecule has 0 aromatic heterocycles. The Morgan fingerprint density at radius 1 is 0.923 bits per heavy atom. The SMILES string of the molecule is CCOc1ccc(NC(=O)C(NC(=O)Nc2ccccc2)C(C)C)cc1. The monoisotopic (exact) mass is 355 g/mol. The molecular weight excluding hydrogens is 330 g/mol. The Kier molecular flexibility index (Phi) is 7.02. The molecule has 0 bridgehead atoms. The maximum Gasteiger partial charge on any atom is 0.319 e. The predicted octanol–water partition coefficient (Wildman–Crippen LogP) is 3.87. The topological polar surface area (TPSA) is 79.5 Å². The van der Waals surface area contributed by atoms with E-state index >= 15 is 0 Å². The van der Waals surface area contributed by atoms with Gasteiger partial charge in [0.05, 0.1) is 6.61 Å². The molecule has 2 rings (SSSR count). The fourth-order valence-electron chi connectivity index (χ4n) is 2.39. The third kappa shape index (κ3) is 5.81. The van der Waals surface area contributed by atoms with Crippen molar-refractivity contribution >= 4 is 23.3 Å². The van der Waals surface area contributed by atoms with Crippen molar-refractivity contribution in [3.8, 4) is 5.75 Å². The molecule has 26 heavy (non-hydrogen) atoms. The highest BCUT2D eigenvalue weighted by molar-refractivity contribution is 5.99. The summed E-state index contributed by atoms with van der Waals surface area (Å²) < 4.78 is 5.38. The minimum absolute atomic E-state index is 0.0702. The molecule has 138 valence electrons. The Labute approximate surface area is 153 Å². The lowest BCUT2D eigenvalue weighted by Gasteiger charge is -2.22. The van der Waals surface area contributed by atoms with E-state index in [2.05, 4.69) is 16.0 Å². The first kappa shape index (κ1) is 19.3. The lowest BCUT2D eigenvalue weighted by molar-refractivity contribution is -0.118. The van der Waals surface area contributed by atoms with Crippen LogP contribution in [-0.4, -0.2) is 24.6 Å². The lowest BCUT2D eigenvalue weighted by Crippen LogP contribution is -2.48. The average molecular weight is 355 g/mol. The van der Waals surface area contributed by atoms with Gasteiger partial charge < -0.3 is 20.7 Å². The van der Waals surface area contributed by atoms with Gasteiger partial charge in [0, 0.05) is 11.4 Å². The molecular formula is C20H25N3O3. The van der Waals surface area contributed by atoms with Crippen LogP contribution in [-0.2, 0) is 4.79 Å². The molecule has 0 heterocycles. The van der Waals surface area contributed by atoms with E-state index in [1.54, 1.807) is 36.4 Å². The van der Waals surface area contributed by atoms with E-state index in [1.165, 1.54) is 0 Å². The summed E-state index contributed by atoms with van der Waals surface area (Å²) in [5, 5.41) is 8.28. The molecule has 0 aliphatic rings. The van der Waals surface area contributed by atoms with Gasteiger partial charge in [0.15, 0.2) is 0 Å². The highest BCUT2D eigenvalue weighted by Crippen LogP contribution is 2.16. The van der Waals surface area contributed by atoms with E-state index in [9.17, 15) is 9.59 Å². The van der Waals surface area contributed by atoms with E-state index < -0.39 is 12.1 Å². The number of nitrogens with one attached hydrogen (secondary N) is 3. The summed E-state index contributed by atoms with van der Waals surface area (Å²) in [6.07, 6.45) is 0. The van der Waals surface area contributed by atoms with Crippen LogP contribution in [0.15, 0.2) is 54.6 Å². The minimum Gasteiger partial charge on any atom is -0.494 e. The van der Waals surface area contributed by atoms with Crippen LogP contribution in [0, 0.1) is 5.92 Å². The van der Waals surface area contributed by atoms with Crippen molar-refractivity contribution in [1.29, 1.82) is 0 Å². The molecule has 1 unspecified atom stereocenters. The number of urea groups is 1. The zero-order valence-electron chi connectivity index (χ0n) is 15.3. The number of hydrogen-bond acceptors (Lipinski definition) is 3. The number of ether oxygens (including phenoxy) is 1. The summed E-state index contributed by atoms with van der Waals surface area (Å²) in [5.74, 6) is 0.401. The molecule has 0 saturated heterocycles. The van der Waals surface area contributed by atoms with Crippen molar-refractivity contribution in [2.24, 2.45) is 5.92 Å². The number of carbonyl (C=O) groups excluding carboxylic acids is 2. The Morgan fingerprint density at radius 3 is 2.12 bits per heavy atom. The van der Waals surface area contributed by atoms with E-state index in [4.69, 9.17) is 4.74 Å². The van der Waals surface area contributed by atoms with E-state index in [0.717, 1.165) is 5.75 Å². The Morgan fingerprint density at radius 2 is 1.54 bits per heavy atom. The third-order valence-electron chi connectivity index (χ3n) is 3.70. The molecule has 0 aliphatic heterocycles. The summed E-state index contributed by atoms with van der Waals surface area (Å²) in [6, 6.07) is 15.1. The van der Waals surface area contributed by atoms with E-state index in [0.29, 0.717) is 18.0 Å². The van der Waals surface area contributed by atoms with Crippen LogP contribution in [0.3, 0.4) is 0 Å². The molecule has 0 spiro atoms. The maximum absolute atomic E-state index is 12.6. The minimum atomic E-state index is -0.662. The van der Waals surface area contributed by atoms with Crippen molar-refractivity contribution < 1.29 is 14.3 Å². The largest absolute Gasteiger partial charge is 0.494 e. The first-order valence-electron chi connectivity index (χ1n) is 8.66. The second-order valence-electron chi connectivity index (χ2n) is 6.13. The Bertz CT molecular complexity index is 715. The number of hydrogen-bond donors (Lipinski definition) is 3. The molecule has 0 saturated carbocycles.